The topological polar surface area (TPSA) is 52.6 Å². The third-order valence-corrected chi connectivity index (χ3v) is 3.93. The second-order valence-corrected chi connectivity index (χ2v) is 5.87. The molecule has 0 aliphatic heterocycles. The summed E-state index contributed by atoms with van der Waals surface area (Å²) in [5, 5.41) is 14.7. The van der Waals surface area contributed by atoms with E-state index in [9.17, 15) is 9.90 Å². The lowest BCUT2D eigenvalue weighted by atomic mass is 10.1. The highest BCUT2D eigenvalue weighted by molar-refractivity contribution is 5.83. The number of hydrogen-bond donors (Lipinski definition) is 2. The summed E-state index contributed by atoms with van der Waals surface area (Å²) in [7, 11) is 1.77. The summed E-state index contributed by atoms with van der Waals surface area (Å²) in [6, 6.07) is 21.1. The number of rotatable bonds is 4. The predicted molar refractivity (Wildman–Crippen MR) is 95.8 cm³/mol. The number of fused-ring (bicyclic) bond motifs is 1. The van der Waals surface area contributed by atoms with E-state index >= 15 is 0 Å². The average molecular weight is 320 g/mol. The van der Waals surface area contributed by atoms with E-state index in [4.69, 9.17) is 0 Å². The van der Waals surface area contributed by atoms with Gasteiger partial charge in [0.25, 0.3) is 0 Å². The van der Waals surface area contributed by atoms with Crippen molar-refractivity contribution in [3.05, 3.63) is 77.9 Å². The molecule has 0 saturated heterocycles. The monoisotopic (exact) mass is 320 g/mol. The molecule has 0 fully saturated rings. The molecule has 0 aliphatic carbocycles. The molecule has 0 aliphatic rings. The second kappa shape index (κ2) is 7.04. The number of carbonyl (C=O) groups excluding carboxylic acids is 1. The number of phenols is 1. The first kappa shape index (κ1) is 15.9. The maximum atomic E-state index is 12.2. The van der Waals surface area contributed by atoms with Crippen molar-refractivity contribution in [2.45, 2.75) is 13.1 Å². The van der Waals surface area contributed by atoms with Gasteiger partial charge in [-0.15, -0.1) is 0 Å². The van der Waals surface area contributed by atoms with Crippen LogP contribution in [0.25, 0.3) is 10.8 Å². The number of phenolic OH excluding ortho intramolecular Hbond substituents is 1. The molecule has 2 N–H and O–H groups in total. The quantitative estimate of drug-likeness (QED) is 0.766. The van der Waals surface area contributed by atoms with Gasteiger partial charge in [0, 0.05) is 20.1 Å². The van der Waals surface area contributed by atoms with Crippen LogP contribution >= 0.6 is 0 Å². The van der Waals surface area contributed by atoms with Crippen LogP contribution in [0.2, 0.25) is 0 Å². The summed E-state index contributed by atoms with van der Waals surface area (Å²) < 4.78 is 0. The number of amides is 2. The fraction of sp³-hybridized carbons (Fsp3) is 0.150. The van der Waals surface area contributed by atoms with Gasteiger partial charge in [0.05, 0.1) is 0 Å². The van der Waals surface area contributed by atoms with E-state index in [1.807, 2.05) is 24.3 Å². The largest absolute Gasteiger partial charge is 0.508 e. The maximum Gasteiger partial charge on any atom is 0.317 e. The fourth-order valence-electron chi connectivity index (χ4n) is 2.66. The SMILES string of the molecule is CN(Cc1ccc2ccccc2c1)C(=O)NCc1cccc(O)c1. The van der Waals surface area contributed by atoms with Gasteiger partial charge in [-0.1, -0.05) is 48.5 Å². The van der Waals surface area contributed by atoms with Crippen LogP contribution in [-0.4, -0.2) is 23.1 Å². The number of nitrogens with one attached hydrogen (secondary N) is 1. The first-order chi connectivity index (χ1) is 11.6. The Labute approximate surface area is 141 Å². The van der Waals surface area contributed by atoms with Gasteiger partial charge in [0.2, 0.25) is 0 Å². The minimum atomic E-state index is -0.147. The van der Waals surface area contributed by atoms with Crippen LogP contribution in [0.4, 0.5) is 4.79 Å². The minimum absolute atomic E-state index is 0.147. The van der Waals surface area contributed by atoms with E-state index in [1.165, 1.54) is 10.8 Å². The number of aromatic hydroxyl groups is 1. The van der Waals surface area contributed by atoms with Gasteiger partial charge >= 0.3 is 6.03 Å². The normalized spacial score (nSPS) is 10.5. The predicted octanol–water partition coefficient (Wildman–Crippen LogP) is 3.89. The molecule has 3 aromatic rings. The van der Waals surface area contributed by atoms with Gasteiger partial charge in [-0.25, -0.2) is 4.79 Å². The van der Waals surface area contributed by atoms with Crippen molar-refractivity contribution in [2.75, 3.05) is 7.05 Å². The van der Waals surface area contributed by atoms with Crippen molar-refractivity contribution in [3.63, 3.8) is 0 Å². The summed E-state index contributed by atoms with van der Waals surface area (Å²) in [6.45, 7) is 0.923. The van der Waals surface area contributed by atoms with Crippen LogP contribution < -0.4 is 5.32 Å². The lowest BCUT2D eigenvalue weighted by molar-refractivity contribution is 0.206. The first-order valence-corrected chi connectivity index (χ1v) is 7.86. The molecular weight excluding hydrogens is 300 g/mol. The number of carbonyl (C=O) groups is 1. The molecule has 0 heterocycles. The number of benzene rings is 3. The smallest absolute Gasteiger partial charge is 0.317 e. The number of hydrogen-bond acceptors (Lipinski definition) is 2. The fourth-order valence-corrected chi connectivity index (χ4v) is 2.66. The number of urea groups is 1. The Morgan fingerprint density at radius 2 is 1.75 bits per heavy atom. The van der Waals surface area contributed by atoms with E-state index in [2.05, 4.69) is 29.6 Å². The minimum Gasteiger partial charge on any atom is -0.508 e. The zero-order valence-corrected chi connectivity index (χ0v) is 13.6. The van der Waals surface area contributed by atoms with Crippen LogP contribution in [0, 0.1) is 0 Å². The summed E-state index contributed by atoms with van der Waals surface area (Å²) in [5.74, 6) is 0.200. The van der Waals surface area contributed by atoms with Crippen molar-refractivity contribution in [1.29, 1.82) is 0 Å². The third kappa shape index (κ3) is 3.84. The average Bonchev–Trinajstić information content (AvgIpc) is 2.59. The highest BCUT2D eigenvalue weighted by Gasteiger charge is 2.09. The summed E-state index contributed by atoms with van der Waals surface area (Å²) in [5.41, 5.74) is 1.95. The van der Waals surface area contributed by atoms with E-state index in [0.29, 0.717) is 13.1 Å². The molecule has 0 aromatic heterocycles. The molecule has 4 nitrogen and oxygen atoms in total. The Balaban J connectivity index is 1.60. The molecule has 3 rings (SSSR count). The van der Waals surface area contributed by atoms with Gasteiger partial charge in [-0.05, 0) is 40.1 Å². The van der Waals surface area contributed by atoms with Crippen molar-refractivity contribution >= 4 is 16.8 Å². The first-order valence-electron chi connectivity index (χ1n) is 7.86. The van der Waals surface area contributed by atoms with E-state index in [-0.39, 0.29) is 11.8 Å². The van der Waals surface area contributed by atoms with Crippen molar-refractivity contribution in [3.8, 4) is 5.75 Å². The van der Waals surface area contributed by atoms with Gasteiger partial charge in [-0.3, -0.25) is 0 Å². The van der Waals surface area contributed by atoms with Crippen molar-refractivity contribution < 1.29 is 9.90 Å². The molecule has 2 amide bonds. The molecule has 0 saturated carbocycles. The zero-order valence-electron chi connectivity index (χ0n) is 13.6. The van der Waals surface area contributed by atoms with Gasteiger partial charge in [-0.2, -0.15) is 0 Å². The highest BCUT2D eigenvalue weighted by atomic mass is 16.3. The number of nitrogens with zero attached hydrogens (tertiary/aromatic N) is 1. The molecule has 122 valence electrons. The van der Waals surface area contributed by atoms with Crippen LogP contribution in [0.1, 0.15) is 11.1 Å². The summed E-state index contributed by atoms with van der Waals surface area (Å²) in [6.07, 6.45) is 0. The van der Waals surface area contributed by atoms with Gasteiger partial charge < -0.3 is 15.3 Å². The molecule has 0 bridgehead atoms. The van der Waals surface area contributed by atoms with E-state index in [1.54, 1.807) is 30.1 Å². The second-order valence-electron chi connectivity index (χ2n) is 5.87. The van der Waals surface area contributed by atoms with Crippen LogP contribution in [-0.2, 0) is 13.1 Å². The Morgan fingerprint density at radius 1 is 0.958 bits per heavy atom. The summed E-state index contributed by atoms with van der Waals surface area (Å²) in [4.78, 5) is 13.9. The van der Waals surface area contributed by atoms with Crippen LogP contribution in [0.15, 0.2) is 66.7 Å². The molecule has 4 heteroatoms. The maximum absolute atomic E-state index is 12.2. The van der Waals surface area contributed by atoms with Crippen LogP contribution in [0.3, 0.4) is 0 Å². The Bertz CT molecular complexity index is 861. The summed E-state index contributed by atoms with van der Waals surface area (Å²) >= 11 is 0. The van der Waals surface area contributed by atoms with Crippen LogP contribution in [0.5, 0.6) is 5.75 Å². The lowest BCUT2D eigenvalue weighted by Crippen LogP contribution is -2.36. The molecule has 0 unspecified atom stereocenters. The third-order valence-electron chi connectivity index (χ3n) is 3.93. The molecule has 3 aromatic carbocycles. The van der Waals surface area contributed by atoms with Crippen molar-refractivity contribution in [2.24, 2.45) is 0 Å². The molecule has 0 atom stereocenters. The molecular formula is C20H20N2O2. The lowest BCUT2D eigenvalue weighted by Gasteiger charge is -2.18. The molecule has 24 heavy (non-hydrogen) atoms. The van der Waals surface area contributed by atoms with Crippen molar-refractivity contribution in [1.82, 2.24) is 10.2 Å². The standard InChI is InChI=1S/C20H20N2O2/c1-22(20(24)21-13-15-5-4-8-19(23)12-15)14-16-9-10-17-6-2-3-7-18(17)11-16/h2-12,23H,13-14H2,1H3,(H,21,24). The van der Waals surface area contributed by atoms with Gasteiger partial charge in [0.1, 0.15) is 5.75 Å². The highest BCUT2D eigenvalue weighted by Crippen LogP contribution is 2.16. The molecule has 0 spiro atoms. The zero-order chi connectivity index (χ0) is 16.9. The molecule has 0 radical (unpaired) electrons. The van der Waals surface area contributed by atoms with Gasteiger partial charge in [0.15, 0.2) is 0 Å². The van der Waals surface area contributed by atoms with E-state index < -0.39 is 0 Å². The Morgan fingerprint density at radius 3 is 2.54 bits per heavy atom. The van der Waals surface area contributed by atoms with E-state index in [0.717, 1.165) is 11.1 Å². The Kier molecular flexibility index (Phi) is 4.66. The Hall–Kier alpha value is -3.01.